The zero-order chi connectivity index (χ0) is 24.2. The van der Waals surface area contributed by atoms with Crippen LogP contribution in [0, 0.1) is 0 Å². The van der Waals surface area contributed by atoms with Gasteiger partial charge in [-0.25, -0.2) is 4.99 Å². The lowest BCUT2D eigenvalue weighted by molar-refractivity contribution is 0.585. The minimum Gasteiger partial charge on any atom is -0.272 e. The van der Waals surface area contributed by atoms with E-state index in [1.807, 2.05) is 53.1 Å². The highest BCUT2D eigenvalue weighted by atomic mass is 35.5. The summed E-state index contributed by atoms with van der Waals surface area (Å²) in [5.74, 6) is 0. The molecule has 1 aliphatic heterocycles. The van der Waals surface area contributed by atoms with Crippen LogP contribution in [0.3, 0.4) is 0 Å². The summed E-state index contributed by atoms with van der Waals surface area (Å²) in [5.41, 5.74) is 6.54. The van der Waals surface area contributed by atoms with Gasteiger partial charge in [-0.15, -0.1) is 0 Å². The number of hydrogen-bond acceptors (Lipinski definition) is 3. The van der Waals surface area contributed by atoms with Crippen molar-refractivity contribution in [2.24, 2.45) is 4.99 Å². The third kappa shape index (κ3) is 3.33. The van der Waals surface area contributed by atoms with Gasteiger partial charge in [-0.3, -0.25) is 9.36 Å². The normalized spacial score (nSPS) is 16.9. The van der Waals surface area contributed by atoms with E-state index >= 15 is 0 Å². The molecule has 7 rings (SSSR count). The van der Waals surface area contributed by atoms with Crippen molar-refractivity contribution in [2.45, 2.75) is 18.9 Å². The van der Waals surface area contributed by atoms with E-state index < -0.39 is 0 Å². The van der Waals surface area contributed by atoms with E-state index in [9.17, 15) is 4.79 Å². The standard InChI is InChI=1S/C31H21ClN2OS/c32-26-15-6-5-14-24(26)29-25-17-16-20-9-2-4-13-23(20)28(25)33-31-34(29)30(35)27(36-31)18-21-11-7-10-19-8-1-3-12-22(19)21/h1-15,18,29H,16-17H2/b27-18+. The summed E-state index contributed by atoms with van der Waals surface area (Å²) >= 11 is 8.19. The molecular weight excluding hydrogens is 484 g/mol. The van der Waals surface area contributed by atoms with Crippen LogP contribution in [0.2, 0.25) is 5.02 Å². The first-order chi connectivity index (χ1) is 17.7. The maximum atomic E-state index is 14.0. The van der Waals surface area contributed by atoms with E-state index in [-0.39, 0.29) is 11.6 Å². The van der Waals surface area contributed by atoms with Gasteiger partial charge in [0.05, 0.1) is 16.3 Å². The molecule has 0 spiro atoms. The van der Waals surface area contributed by atoms with Gasteiger partial charge in [0.2, 0.25) is 0 Å². The van der Waals surface area contributed by atoms with Crippen molar-refractivity contribution in [3.8, 4) is 0 Å². The molecule has 0 radical (unpaired) electrons. The highest BCUT2D eigenvalue weighted by Crippen LogP contribution is 2.42. The van der Waals surface area contributed by atoms with Crippen molar-refractivity contribution in [3.05, 3.63) is 144 Å². The van der Waals surface area contributed by atoms with Crippen LogP contribution in [0.5, 0.6) is 0 Å². The molecule has 4 aromatic carbocycles. The summed E-state index contributed by atoms with van der Waals surface area (Å²) < 4.78 is 2.53. The molecule has 36 heavy (non-hydrogen) atoms. The van der Waals surface area contributed by atoms with Gasteiger partial charge in [-0.05, 0) is 58.0 Å². The van der Waals surface area contributed by atoms with Gasteiger partial charge in [0.15, 0.2) is 4.80 Å². The van der Waals surface area contributed by atoms with Gasteiger partial charge in [0.1, 0.15) is 0 Å². The Hall–Kier alpha value is -3.73. The molecule has 0 fully saturated rings. The van der Waals surface area contributed by atoms with Gasteiger partial charge in [-0.2, -0.15) is 0 Å². The molecule has 2 aliphatic rings. The quantitative estimate of drug-likeness (QED) is 0.285. The molecule has 2 heterocycles. The van der Waals surface area contributed by atoms with Crippen LogP contribution < -0.4 is 14.9 Å². The topological polar surface area (TPSA) is 34.4 Å². The Balaban J connectivity index is 1.52. The van der Waals surface area contributed by atoms with E-state index in [1.165, 1.54) is 16.9 Å². The number of benzene rings is 4. The summed E-state index contributed by atoms with van der Waals surface area (Å²) in [6.45, 7) is 0. The van der Waals surface area contributed by atoms with Crippen LogP contribution in [0.4, 0.5) is 0 Å². The lowest BCUT2D eigenvalue weighted by Crippen LogP contribution is -2.38. The Kier molecular flexibility index (Phi) is 5.05. The third-order valence-electron chi connectivity index (χ3n) is 7.18. The maximum Gasteiger partial charge on any atom is 0.271 e. The number of rotatable bonds is 2. The number of aromatic nitrogens is 1. The molecule has 5 aromatic rings. The van der Waals surface area contributed by atoms with Crippen LogP contribution >= 0.6 is 22.9 Å². The molecule has 5 heteroatoms. The highest BCUT2D eigenvalue weighted by molar-refractivity contribution is 7.07. The van der Waals surface area contributed by atoms with Crippen molar-refractivity contribution in [3.63, 3.8) is 0 Å². The SMILES string of the molecule is O=c1/c(=C\c2cccc3ccccc23)sc2n1C(c1ccccc1Cl)C1=C(N=2)c2ccccc2CC1. The number of aryl methyl sites for hydroxylation is 1. The highest BCUT2D eigenvalue weighted by Gasteiger charge is 2.33. The minimum atomic E-state index is -0.270. The van der Waals surface area contributed by atoms with Crippen molar-refractivity contribution in [1.82, 2.24) is 4.57 Å². The molecule has 0 saturated heterocycles. The maximum absolute atomic E-state index is 14.0. The van der Waals surface area contributed by atoms with Gasteiger partial charge < -0.3 is 0 Å². The summed E-state index contributed by atoms with van der Waals surface area (Å²) in [5, 5.41) is 2.94. The van der Waals surface area contributed by atoms with Crippen LogP contribution in [0.1, 0.15) is 34.7 Å². The molecular formula is C31H21ClN2OS. The number of fused-ring (bicyclic) bond motifs is 4. The monoisotopic (exact) mass is 504 g/mol. The number of halogens is 1. The molecule has 0 N–H and O–H groups in total. The molecule has 1 unspecified atom stereocenters. The van der Waals surface area contributed by atoms with Crippen molar-refractivity contribution in [2.75, 3.05) is 0 Å². The summed E-state index contributed by atoms with van der Waals surface area (Å²) in [7, 11) is 0. The summed E-state index contributed by atoms with van der Waals surface area (Å²) in [6, 6.07) is 30.5. The minimum absolute atomic E-state index is 0.0259. The first-order valence-corrected chi connectivity index (χ1v) is 13.2. The number of thiazole rings is 1. The van der Waals surface area contributed by atoms with Gasteiger partial charge >= 0.3 is 0 Å². The summed E-state index contributed by atoms with van der Waals surface area (Å²) in [6.07, 6.45) is 3.78. The predicted octanol–water partition coefficient (Wildman–Crippen LogP) is 6.13. The number of hydrogen-bond donors (Lipinski definition) is 0. The number of allylic oxidation sites excluding steroid dienone is 1. The Morgan fingerprint density at radius 3 is 2.58 bits per heavy atom. The molecule has 0 saturated carbocycles. The average Bonchev–Trinajstić information content (AvgIpc) is 3.22. The molecule has 1 aromatic heterocycles. The van der Waals surface area contributed by atoms with Crippen LogP contribution in [0.25, 0.3) is 22.5 Å². The molecule has 174 valence electrons. The Morgan fingerprint density at radius 2 is 1.67 bits per heavy atom. The molecule has 1 atom stereocenters. The molecule has 0 bridgehead atoms. The smallest absolute Gasteiger partial charge is 0.271 e. The van der Waals surface area contributed by atoms with Crippen LogP contribution in [-0.4, -0.2) is 4.57 Å². The van der Waals surface area contributed by atoms with E-state index in [0.29, 0.717) is 14.4 Å². The Morgan fingerprint density at radius 1 is 0.889 bits per heavy atom. The average molecular weight is 505 g/mol. The molecule has 1 aliphatic carbocycles. The van der Waals surface area contributed by atoms with Crippen LogP contribution in [0.15, 0.2) is 106 Å². The fourth-order valence-corrected chi connectivity index (χ4v) is 6.74. The second kappa shape index (κ2) is 8.44. The van der Waals surface area contributed by atoms with E-state index in [1.54, 1.807) is 0 Å². The second-order valence-electron chi connectivity index (χ2n) is 9.20. The first kappa shape index (κ1) is 21.5. The van der Waals surface area contributed by atoms with Crippen molar-refractivity contribution in [1.29, 1.82) is 0 Å². The predicted molar refractivity (Wildman–Crippen MR) is 148 cm³/mol. The lowest BCUT2D eigenvalue weighted by Gasteiger charge is -2.31. The van der Waals surface area contributed by atoms with E-state index in [0.717, 1.165) is 51.6 Å². The van der Waals surface area contributed by atoms with Crippen molar-refractivity contribution < 1.29 is 0 Å². The Bertz CT molecular complexity index is 1890. The van der Waals surface area contributed by atoms with Gasteiger partial charge in [0, 0.05) is 10.6 Å². The van der Waals surface area contributed by atoms with Gasteiger partial charge in [0.25, 0.3) is 5.56 Å². The van der Waals surface area contributed by atoms with Crippen LogP contribution in [-0.2, 0) is 6.42 Å². The zero-order valence-corrected chi connectivity index (χ0v) is 20.9. The first-order valence-electron chi connectivity index (χ1n) is 12.0. The summed E-state index contributed by atoms with van der Waals surface area (Å²) in [4.78, 5) is 19.8. The van der Waals surface area contributed by atoms with Crippen molar-refractivity contribution >= 4 is 45.5 Å². The molecule has 0 amide bonds. The van der Waals surface area contributed by atoms with E-state index in [2.05, 4.69) is 48.5 Å². The largest absolute Gasteiger partial charge is 0.272 e. The van der Waals surface area contributed by atoms with Gasteiger partial charge in [-0.1, -0.05) is 108 Å². The van der Waals surface area contributed by atoms with E-state index in [4.69, 9.17) is 16.6 Å². The number of nitrogens with zero attached hydrogens (tertiary/aromatic N) is 2. The molecule has 3 nitrogen and oxygen atoms in total. The second-order valence-corrected chi connectivity index (χ2v) is 10.6. The zero-order valence-electron chi connectivity index (χ0n) is 19.3. The fraction of sp³-hybridized carbons (Fsp3) is 0.0968. The fourth-order valence-electron chi connectivity index (χ4n) is 5.51. The third-order valence-corrected chi connectivity index (χ3v) is 8.51. The lowest BCUT2D eigenvalue weighted by atomic mass is 9.83. The Labute approximate surface area is 217 Å².